The molecule has 4 aromatic rings. The van der Waals surface area contributed by atoms with Crippen LogP contribution in [0.2, 0.25) is 15.1 Å². The summed E-state index contributed by atoms with van der Waals surface area (Å²) in [5.41, 5.74) is 2.31. The summed E-state index contributed by atoms with van der Waals surface area (Å²) >= 11 is 20.2. The van der Waals surface area contributed by atoms with Gasteiger partial charge in [-0.1, -0.05) is 82.5 Å². The summed E-state index contributed by atoms with van der Waals surface area (Å²) in [5, 5.41) is 1.41. The summed E-state index contributed by atoms with van der Waals surface area (Å²) in [6, 6.07) is 16.9. The normalized spacial score (nSPS) is 14.8. The van der Waals surface area contributed by atoms with Crippen molar-refractivity contribution >= 4 is 58.2 Å². The van der Waals surface area contributed by atoms with Gasteiger partial charge in [0, 0.05) is 26.2 Å². The minimum Gasteiger partial charge on any atom is -0.493 e. The summed E-state index contributed by atoms with van der Waals surface area (Å²) in [4.78, 5) is 32.2. The summed E-state index contributed by atoms with van der Waals surface area (Å²) in [6.07, 6.45) is 1.72. The lowest BCUT2D eigenvalue weighted by molar-refractivity contribution is -0.139. The van der Waals surface area contributed by atoms with Gasteiger partial charge in [-0.05, 0) is 49.8 Å². The van der Waals surface area contributed by atoms with E-state index in [9.17, 15) is 9.59 Å². The third-order valence-electron chi connectivity index (χ3n) is 6.62. The molecule has 1 aliphatic heterocycles. The topological polar surface area (TPSA) is 79.1 Å². The highest BCUT2D eigenvalue weighted by atomic mass is 35.5. The molecule has 42 heavy (non-hydrogen) atoms. The van der Waals surface area contributed by atoms with Crippen LogP contribution >= 0.6 is 46.1 Å². The fraction of sp³-hybridized carbons (Fsp3) is 0.194. The van der Waals surface area contributed by atoms with Gasteiger partial charge in [0.2, 0.25) is 0 Å². The highest BCUT2D eigenvalue weighted by Crippen LogP contribution is 2.35. The molecule has 1 atom stereocenters. The van der Waals surface area contributed by atoms with Crippen molar-refractivity contribution in [2.24, 2.45) is 4.99 Å². The van der Waals surface area contributed by atoms with Gasteiger partial charge >= 0.3 is 5.97 Å². The maximum Gasteiger partial charge on any atom is 0.338 e. The molecule has 0 radical (unpaired) electrons. The van der Waals surface area contributed by atoms with Crippen LogP contribution in [0.4, 0.5) is 0 Å². The number of esters is 1. The van der Waals surface area contributed by atoms with Crippen LogP contribution in [0.25, 0.3) is 6.08 Å². The Morgan fingerprint density at radius 2 is 1.86 bits per heavy atom. The van der Waals surface area contributed by atoms with Gasteiger partial charge in [-0.25, -0.2) is 9.79 Å². The molecule has 0 fully saturated rings. The summed E-state index contributed by atoms with van der Waals surface area (Å²) in [5.74, 6) is 0.362. The number of thiazole rings is 1. The summed E-state index contributed by atoms with van der Waals surface area (Å²) in [6.45, 7) is 3.77. The number of benzene rings is 3. The Morgan fingerprint density at radius 1 is 1.07 bits per heavy atom. The van der Waals surface area contributed by atoms with Gasteiger partial charge in [-0.15, -0.1) is 0 Å². The van der Waals surface area contributed by atoms with Crippen molar-refractivity contribution in [3.63, 3.8) is 0 Å². The molecule has 0 amide bonds. The Hall–Kier alpha value is -3.56. The standard InChI is InChI=1S/C31H25Cl3N2O5S/c1-4-40-30(38)26-17(2)35-31-36(27(26)21-9-5-6-10-22(21)33)29(37)25(42-31)14-18-8-7-11-24(39-3)28(18)41-16-19-12-13-20(32)15-23(19)34/h5-15,27H,4,16H2,1-3H3/b25-14-/t27-/m0/s1. The predicted octanol–water partition coefficient (Wildman–Crippen LogP) is 6.35. The average molecular weight is 644 g/mol. The number of methoxy groups -OCH3 is 1. The van der Waals surface area contributed by atoms with Crippen LogP contribution < -0.4 is 24.4 Å². The van der Waals surface area contributed by atoms with E-state index in [-0.39, 0.29) is 24.3 Å². The molecule has 11 heteroatoms. The van der Waals surface area contributed by atoms with E-state index in [0.29, 0.717) is 52.7 Å². The highest BCUT2D eigenvalue weighted by molar-refractivity contribution is 7.07. The lowest BCUT2D eigenvalue weighted by Crippen LogP contribution is -2.40. The van der Waals surface area contributed by atoms with Crippen LogP contribution in [0.5, 0.6) is 11.5 Å². The first-order valence-corrected chi connectivity index (χ1v) is 14.9. The van der Waals surface area contributed by atoms with Crippen LogP contribution in [0.3, 0.4) is 0 Å². The van der Waals surface area contributed by atoms with Gasteiger partial charge in [-0.2, -0.15) is 0 Å². The number of allylic oxidation sites excluding steroid dienone is 1. The molecule has 216 valence electrons. The van der Waals surface area contributed by atoms with Gasteiger partial charge < -0.3 is 14.2 Å². The van der Waals surface area contributed by atoms with Crippen molar-refractivity contribution in [3.05, 3.63) is 123 Å². The van der Waals surface area contributed by atoms with Gasteiger partial charge in [0.1, 0.15) is 12.6 Å². The van der Waals surface area contributed by atoms with Gasteiger partial charge in [0.15, 0.2) is 16.3 Å². The molecule has 0 saturated carbocycles. The minimum absolute atomic E-state index is 0.146. The quantitative estimate of drug-likeness (QED) is 0.209. The number of ether oxygens (including phenoxy) is 3. The number of nitrogens with zero attached hydrogens (tertiary/aromatic N) is 2. The first kappa shape index (κ1) is 29.9. The van der Waals surface area contributed by atoms with Crippen molar-refractivity contribution in [2.75, 3.05) is 13.7 Å². The van der Waals surface area contributed by atoms with E-state index >= 15 is 0 Å². The molecule has 0 unspecified atom stereocenters. The molecule has 5 rings (SSSR count). The number of carbonyl (C=O) groups excluding carboxylic acids is 1. The van der Waals surface area contributed by atoms with Gasteiger partial charge in [0.05, 0.1) is 29.5 Å². The van der Waals surface area contributed by atoms with E-state index < -0.39 is 12.0 Å². The maximum atomic E-state index is 14.0. The Bertz CT molecular complexity index is 1900. The molecule has 3 aromatic carbocycles. The first-order valence-electron chi connectivity index (χ1n) is 12.9. The van der Waals surface area contributed by atoms with Crippen LogP contribution in [0.15, 0.2) is 81.7 Å². The first-order chi connectivity index (χ1) is 20.2. The monoisotopic (exact) mass is 642 g/mol. The number of rotatable bonds is 8. The van der Waals surface area contributed by atoms with Gasteiger partial charge in [0.25, 0.3) is 5.56 Å². The lowest BCUT2D eigenvalue weighted by atomic mass is 9.96. The van der Waals surface area contributed by atoms with Crippen LogP contribution in [-0.4, -0.2) is 24.3 Å². The number of hydrogen-bond acceptors (Lipinski definition) is 7. The van der Waals surface area contributed by atoms with E-state index in [4.69, 9.17) is 49.0 Å². The Kier molecular flexibility index (Phi) is 9.08. The zero-order valence-electron chi connectivity index (χ0n) is 22.8. The summed E-state index contributed by atoms with van der Waals surface area (Å²) in [7, 11) is 1.54. The number of halogens is 3. The molecule has 2 heterocycles. The summed E-state index contributed by atoms with van der Waals surface area (Å²) < 4.78 is 19.0. The molecule has 1 aromatic heterocycles. The molecular formula is C31H25Cl3N2O5S. The second kappa shape index (κ2) is 12.8. The van der Waals surface area contributed by atoms with E-state index in [1.807, 2.05) is 12.1 Å². The SMILES string of the molecule is CCOC(=O)C1=C(C)N=c2s/c(=C\c3cccc(OC)c3OCc3ccc(Cl)cc3Cl)c(=O)n2[C@H]1c1ccccc1Cl. The number of fused-ring (bicyclic) bond motifs is 1. The molecule has 0 aliphatic carbocycles. The van der Waals surface area contributed by atoms with E-state index in [0.717, 1.165) is 5.56 Å². The Balaban J connectivity index is 1.65. The van der Waals surface area contributed by atoms with Crippen LogP contribution in [0.1, 0.15) is 36.6 Å². The molecule has 7 nitrogen and oxygen atoms in total. The molecule has 0 bridgehead atoms. The zero-order chi connectivity index (χ0) is 30.0. The Labute approximate surface area is 260 Å². The maximum absolute atomic E-state index is 14.0. The fourth-order valence-electron chi connectivity index (χ4n) is 4.67. The number of para-hydroxylation sites is 1. The predicted molar refractivity (Wildman–Crippen MR) is 166 cm³/mol. The van der Waals surface area contributed by atoms with Crippen LogP contribution in [0, 0.1) is 0 Å². The van der Waals surface area contributed by atoms with Crippen molar-refractivity contribution in [2.45, 2.75) is 26.5 Å². The third-order valence-corrected chi connectivity index (χ3v) is 8.53. The average Bonchev–Trinajstić information content (AvgIpc) is 3.26. The van der Waals surface area contributed by atoms with E-state index in [1.165, 1.54) is 15.9 Å². The van der Waals surface area contributed by atoms with E-state index in [1.54, 1.807) is 75.6 Å². The molecule has 0 spiro atoms. The highest BCUT2D eigenvalue weighted by Gasteiger charge is 2.34. The van der Waals surface area contributed by atoms with Crippen molar-refractivity contribution in [3.8, 4) is 11.5 Å². The Morgan fingerprint density at radius 3 is 2.57 bits per heavy atom. The van der Waals surface area contributed by atoms with Crippen molar-refractivity contribution in [1.82, 2.24) is 4.57 Å². The molecule has 1 aliphatic rings. The fourth-order valence-corrected chi connectivity index (χ4v) is 6.41. The number of carbonyl (C=O) groups is 1. The van der Waals surface area contributed by atoms with Gasteiger partial charge in [-0.3, -0.25) is 9.36 Å². The minimum atomic E-state index is -0.816. The second-order valence-corrected chi connectivity index (χ2v) is 11.5. The molecular weight excluding hydrogens is 619 g/mol. The lowest BCUT2D eigenvalue weighted by Gasteiger charge is -2.25. The zero-order valence-corrected chi connectivity index (χ0v) is 25.9. The number of aromatic nitrogens is 1. The van der Waals surface area contributed by atoms with Crippen molar-refractivity contribution in [1.29, 1.82) is 0 Å². The van der Waals surface area contributed by atoms with E-state index in [2.05, 4.69) is 4.99 Å². The smallest absolute Gasteiger partial charge is 0.338 e. The number of hydrogen-bond donors (Lipinski definition) is 0. The molecule has 0 saturated heterocycles. The third kappa shape index (κ3) is 5.85. The molecule has 0 N–H and O–H groups in total. The second-order valence-electron chi connectivity index (χ2n) is 9.23. The largest absolute Gasteiger partial charge is 0.493 e. The van der Waals surface area contributed by atoms with Crippen molar-refractivity contribution < 1.29 is 19.0 Å². The van der Waals surface area contributed by atoms with Crippen LogP contribution in [-0.2, 0) is 16.1 Å².